The summed E-state index contributed by atoms with van der Waals surface area (Å²) in [6, 6.07) is 7.75. The molecule has 0 aliphatic heterocycles. The Kier molecular flexibility index (Phi) is 3.51. The number of aromatic nitrogens is 3. The number of nitrogens with two attached hydrogens (primary N) is 1. The number of hydrogen-bond acceptors (Lipinski definition) is 5. The maximum atomic E-state index is 5.81. The minimum Gasteiger partial charge on any atom is -0.399 e. The van der Waals surface area contributed by atoms with Gasteiger partial charge < -0.3 is 5.73 Å². The van der Waals surface area contributed by atoms with Crippen molar-refractivity contribution in [2.24, 2.45) is 0 Å². The highest BCUT2D eigenvalue weighted by Crippen LogP contribution is 2.32. The Morgan fingerprint density at radius 2 is 1.71 bits per heavy atom. The number of benzene rings is 1. The highest BCUT2D eigenvalue weighted by molar-refractivity contribution is 7.99. The molecule has 1 aromatic carbocycles. The van der Waals surface area contributed by atoms with E-state index in [1.165, 1.54) is 0 Å². The normalized spacial score (nSPS) is 11.0. The van der Waals surface area contributed by atoms with E-state index in [2.05, 4.69) is 15.0 Å². The van der Waals surface area contributed by atoms with Gasteiger partial charge in [-0.2, -0.15) is 0 Å². The van der Waals surface area contributed by atoms with Gasteiger partial charge in [-0.05, 0) is 62.4 Å². The van der Waals surface area contributed by atoms with E-state index in [0.29, 0.717) is 0 Å². The lowest BCUT2D eigenvalue weighted by atomic mass is 10.2. The number of pyridine rings is 1. The zero-order valence-electron chi connectivity index (χ0n) is 12.2. The zero-order chi connectivity index (χ0) is 15.0. The molecule has 0 amide bonds. The number of aryl methyl sites for hydroxylation is 2. The maximum absolute atomic E-state index is 5.81. The summed E-state index contributed by atoms with van der Waals surface area (Å²) in [5, 5.41) is 1.83. The summed E-state index contributed by atoms with van der Waals surface area (Å²) in [5.74, 6) is 0. The molecule has 0 radical (unpaired) electrons. The van der Waals surface area contributed by atoms with Crippen LogP contribution in [0.4, 0.5) is 5.69 Å². The zero-order valence-corrected chi connectivity index (χ0v) is 13.0. The maximum Gasteiger partial charge on any atom is 0.192 e. The molecule has 2 aromatic heterocycles. The van der Waals surface area contributed by atoms with Gasteiger partial charge >= 0.3 is 0 Å². The predicted molar refractivity (Wildman–Crippen MR) is 86.5 cm³/mol. The minimum atomic E-state index is 0.718. The van der Waals surface area contributed by atoms with Gasteiger partial charge in [-0.3, -0.25) is 4.98 Å². The fourth-order valence-corrected chi connectivity index (χ4v) is 3.09. The van der Waals surface area contributed by atoms with E-state index in [-0.39, 0.29) is 0 Å². The second kappa shape index (κ2) is 5.33. The van der Waals surface area contributed by atoms with Crippen molar-refractivity contribution in [1.82, 2.24) is 15.0 Å². The summed E-state index contributed by atoms with van der Waals surface area (Å²) < 4.78 is 0. The van der Waals surface area contributed by atoms with Crippen molar-refractivity contribution in [3.8, 4) is 0 Å². The van der Waals surface area contributed by atoms with Gasteiger partial charge in [-0.15, -0.1) is 0 Å². The molecule has 0 saturated heterocycles. The van der Waals surface area contributed by atoms with E-state index in [9.17, 15) is 0 Å². The Balaban J connectivity index is 2.06. The molecule has 0 spiro atoms. The summed E-state index contributed by atoms with van der Waals surface area (Å²) >= 11 is 1.56. The SMILES string of the molecule is Cc1nc(Sc2ccnc3cc(N)ccc23)nc(C)c1C. The molecular formula is C16H16N4S. The van der Waals surface area contributed by atoms with Gasteiger partial charge in [0.2, 0.25) is 0 Å². The van der Waals surface area contributed by atoms with Crippen LogP contribution in [0.2, 0.25) is 0 Å². The van der Waals surface area contributed by atoms with Crippen LogP contribution in [0.25, 0.3) is 10.9 Å². The number of fused-ring (bicyclic) bond motifs is 1. The third-order valence-corrected chi connectivity index (χ3v) is 4.48. The first-order valence-corrected chi connectivity index (χ1v) is 7.50. The lowest BCUT2D eigenvalue weighted by Gasteiger charge is -2.08. The van der Waals surface area contributed by atoms with Gasteiger partial charge in [0.25, 0.3) is 0 Å². The monoisotopic (exact) mass is 296 g/mol. The Morgan fingerprint density at radius 3 is 2.43 bits per heavy atom. The van der Waals surface area contributed by atoms with Crippen molar-refractivity contribution in [1.29, 1.82) is 0 Å². The minimum absolute atomic E-state index is 0.718. The molecule has 0 aliphatic carbocycles. The van der Waals surface area contributed by atoms with Crippen LogP contribution in [0.3, 0.4) is 0 Å². The molecule has 3 rings (SSSR count). The Labute approximate surface area is 127 Å². The summed E-state index contributed by atoms with van der Waals surface area (Å²) in [5.41, 5.74) is 10.6. The van der Waals surface area contributed by atoms with Gasteiger partial charge in [0.1, 0.15) is 0 Å². The van der Waals surface area contributed by atoms with E-state index in [4.69, 9.17) is 5.73 Å². The van der Waals surface area contributed by atoms with Crippen LogP contribution >= 0.6 is 11.8 Å². The number of rotatable bonds is 2. The van der Waals surface area contributed by atoms with E-state index >= 15 is 0 Å². The van der Waals surface area contributed by atoms with Crippen LogP contribution in [0.15, 0.2) is 40.5 Å². The lowest BCUT2D eigenvalue weighted by molar-refractivity contribution is 0.881. The lowest BCUT2D eigenvalue weighted by Crippen LogP contribution is -1.98. The molecular weight excluding hydrogens is 280 g/mol. The molecule has 5 heteroatoms. The second-order valence-electron chi connectivity index (χ2n) is 4.99. The quantitative estimate of drug-likeness (QED) is 0.577. The fraction of sp³-hybridized carbons (Fsp3) is 0.188. The van der Waals surface area contributed by atoms with Gasteiger partial charge in [0.05, 0.1) is 5.52 Å². The Hall–Kier alpha value is -2.14. The van der Waals surface area contributed by atoms with Crippen LogP contribution < -0.4 is 5.73 Å². The van der Waals surface area contributed by atoms with E-state index in [1.54, 1.807) is 18.0 Å². The number of nitrogens with zero attached hydrogens (tertiary/aromatic N) is 3. The molecule has 0 fully saturated rings. The standard InChI is InChI=1S/C16H16N4S/c1-9-10(2)19-16(20-11(9)3)21-15-6-7-18-14-8-12(17)4-5-13(14)15/h4-8H,17H2,1-3H3. The number of anilines is 1. The molecule has 2 heterocycles. The van der Waals surface area contributed by atoms with E-state index in [0.717, 1.165) is 43.6 Å². The summed E-state index contributed by atoms with van der Waals surface area (Å²) in [6.07, 6.45) is 1.79. The van der Waals surface area contributed by atoms with Gasteiger partial charge in [-0.25, -0.2) is 9.97 Å². The van der Waals surface area contributed by atoms with E-state index in [1.807, 2.05) is 45.0 Å². The van der Waals surface area contributed by atoms with Crippen molar-refractivity contribution in [2.45, 2.75) is 30.8 Å². The molecule has 21 heavy (non-hydrogen) atoms. The summed E-state index contributed by atoms with van der Waals surface area (Å²) in [7, 11) is 0. The molecule has 3 aromatic rings. The van der Waals surface area contributed by atoms with Crippen LogP contribution in [0, 0.1) is 20.8 Å². The third kappa shape index (κ3) is 2.69. The van der Waals surface area contributed by atoms with Gasteiger partial charge in [0, 0.05) is 33.6 Å². The van der Waals surface area contributed by atoms with Crippen molar-refractivity contribution in [3.05, 3.63) is 47.4 Å². The highest BCUT2D eigenvalue weighted by atomic mass is 32.2. The van der Waals surface area contributed by atoms with Crippen molar-refractivity contribution in [3.63, 3.8) is 0 Å². The molecule has 0 bridgehead atoms. The predicted octanol–water partition coefficient (Wildman–Crippen LogP) is 3.68. The molecule has 0 aliphatic rings. The number of nitrogen functional groups attached to an aromatic ring is 1. The topological polar surface area (TPSA) is 64.7 Å². The van der Waals surface area contributed by atoms with Crippen LogP contribution in [0.5, 0.6) is 0 Å². The van der Waals surface area contributed by atoms with Crippen molar-refractivity contribution < 1.29 is 0 Å². The number of hydrogen-bond donors (Lipinski definition) is 1. The first-order chi connectivity index (χ1) is 10.0. The van der Waals surface area contributed by atoms with Crippen molar-refractivity contribution in [2.75, 3.05) is 5.73 Å². The fourth-order valence-electron chi connectivity index (χ4n) is 2.11. The van der Waals surface area contributed by atoms with Crippen LogP contribution in [0.1, 0.15) is 17.0 Å². The van der Waals surface area contributed by atoms with Crippen LogP contribution in [-0.2, 0) is 0 Å². The third-order valence-electron chi connectivity index (χ3n) is 3.54. The first-order valence-electron chi connectivity index (χ1n) is 6.68. The molecule has 0 saturated carbocycles. The Bertz CT molecular complexity index is 807. The molecule has 0 atom stereocenters. The smallest absolute Gasteiger partial charge is 0.192 e. The first kappa shape index (κ1) is 13.8. The molecule has 2 N–H and O–H groups in total. The molecule has 4 nitrogen and oxygen atoms in total. The van der Waals surface area contributed by atoms with E-state index < -0.39 is 0 Å². The average Bonchev–Trinajstić information content (AvgIpc) is 2.44. The average molecular weight is 296 g/mol. The van der Waals surface area contributed by atoms with Crippen molar-refractivity contribution >= 4 is 28.4 Å². The summed E-state index contributed by atoms with van der Waals surface area (Å²) in [6.45, 7) is 6.07. The van der Waals surface area contributed by atoms with Gasteiger partial charge in [-0.1, -0.05) is 0 Å². The molecule has 106 valence electrons. The molecule has 0 unspecified atom stereocenters. The second-order valence-corrected chi connectivity index (χ2v) is 6.00. The largest absolute Gasteiger partial charge is 0.399 e. The summed E-state index contributed by atoms with van der Waals surface area (Å²) in [4.78, 5) is 14.6. The van der Waals surface area contributed by atoms with Gasteiger partial charge in [0.15, 0.2) is 5.16 Å². The van der Waals surface area contributed by atoms with Crippen LogP contribution in [-0.4, -0.2) is 15.0 Å². The highest BCUT2D eigenvalue weighted by Gasteiger charge is 2.09. The Morgan fingerprint density at radius 1 is 1.00 bits per heavy atom.